The number of hydrogen-bond donors (Lipinski definition) is 0. The van der Waals surface area contributed by atoms with Crippen LogP contribution in [0.25, 0.3) is 16.6 Å². The van der Waals surface area contributed by atoms with Crippen LogP contribution in [-0.2, 0) is 6.42 Å². The molecule has 0 aliphatic heterocycles. The Bertz CT molecular complexity index is 1410. The van der Waals surface area contributed by atoms with E-state index in [1.807, 2.05) is 49.4 Å². The lowest BCUT2D eigenvalue weighted by Gasteiger charge is -2.32. The number of rotatable bonds is 10. The fraction of sp³-hybridized carbons (Fsp3) is 0.323. The van der Waals surface area contributed by atoms with Crippen molar-refractivity contribution in [3.63, 3.8) is 0 Å². The standard InChI is InChI=1S/C31H34FN3O2/c1-4-7-10-21-34(30(36)23-15-17-24(32)18-16-23)28(6-3)29-33-27-12-9-8-11-26(27)31(37)35(29)25-19-13-22(5-2)14-20-25/h8-9,11-20,28H,4-7,10,21H2,1-3H3. The van der Waals surface area contributed by atoms with Crippen LogP contribution < -0.4 is 5.56 Å². The van der Waals surface area contributed by atoms with E-state index in [9.17, 15) is 14.0 Å². The van der Waals surface area contributed by atoms with Gasteiger partial charge in [0.05, 0.1) is 22.6 Å². The molecule has 0 spiro atoms. The van der Waals surface area contributed by atoms with E-state index >= 15 is 0 Å². The van der Waals surface area contributed by atoms with Crippen LogP contribution in [0.3, 0.4) is 0 Å². The van der Waals surface area contributed by atoms with Crippen molar-refractivity contribution in [1.82, 2.24) is 14.5 Å². The summed E-state index contributed by atoms with van der Waals surface area (Å²) in [5.41, 5.74) is 2.75. The Morgan fingerprint density at radius 3 is 2.30 bits per heavy atom. The van der Waals surface area contributed by atoms with E-state index in [0.717, 1.165) is 31.4 Å². The minimum absolute atomic E-state index is 0.161. The number of aryl methyl sites for hydroxylation is 1. The van der Waals surface area contributed by atoms with Gasteiger partial charge in [-0.15, -0.1) is 0 Å². The van der Waals surface area contributed by atoms with Crippen LogP contribution in [0.2, 0.25) is 0 Å². The van der Waals surface area contributed by atoms with Crippen molar-refractivity contribution >= 4 is 16.8 Å². The molecule has 0 saturated carbocycles. The predicted molar refractivity (Wildman–Crippen MR) is 147 cm³/mol. The van der Waals surface area contributed by atoms with Gasteiger partial charge in [-0.2, -0.15) is 0 Å². The second-order valence-corrected chi connectivity index (χ2v) is 9.28. The van der Waals surface area contributed by atoms with Gasteiger partial charge in [0.15, 0.2) is 0 Å². The van der Waals surface area contributed by atoms with Gasteiger partial charge in [-0.1, -0.05) is 57.9 Å². The van der Waals surface area contributed by atoms with Crippen LogP contribution in [0, 0.1) is 5.82 Å². The quantitative estimate of drug-likeness (QED) is 0.224. The van der Waals surface area contributed by atoms with Crippen molar-refractivity contribution in [3.8, 4) is 5.69 Å². The molecule has 4 rings (SSSR count). The zero-order chi connectivity index (χ0) is 26.4. The molecule has 1 unspecified atom stereocenters. The van der Waals surface area contributed by atoms with E-state index in [-0.39, 0.29) is 17.3 Å². The number of carbonyl (C=O) groups excluding carboxylic acids is 1. The largest absolute Gasteiger partial charge is 0.328 e. The van der Waals surface area contributed by atoms with E-state index in [1.165, 1.54) is 29.8 Å². The van der Waals surface area contributed by atoms with E-state index in [1.54, 1.807) is 15.5 Å². The molecule has 0 aliphatic rings. The molecule has 0 fully saturated rings. The molecule has 1 atom stereocenters. The van der Waals surface area contributed by atoms with Crippen molar-refractivity contribution in [2.45, 2.75) is 58.9 Å². The Morgan fingerprint density at radius 2 is 1.65 bits per heavy atom. The lowest BCUT2D eigenvalue weighted by atomic mass is 10.1. The van der Waals surface area contributed by atoms with Gasteiger partial charge < -0.3 is 4.90 Å². The van der Waals surface area contributed by atoms with Crippen LogP contribution in [0.15, 0.2) is 77.6 Å². The zero-order valence-electron chi connectivity index (χ0n) is 21.8. The first-order valence-electron chi connectivity index (χ1n) is 13.2. The van der Waals surface area contributed by atoms with E-state index < -0.39 is 6.04 Å². The third-order valence-corrected chi connectivity index (χ3v) is 6.82. The van der Waals surface area contributed by atoms with Crippen LogP contribution in [0.4, 0.5) is 4.39 Å². The molecule has 37 heavy (non-hydrogen) atoms. The Labute approximate surface area is 217 Å². The predicted octanol–water partition coefficient (Wildman–Crippen LogP) is 6.87. The Hall–Kier alpha value is -3.80. The maximum Gasteiger partial charge on any atom is 0.266 e. The zero-order valence-corrected chi connectivity index (χ0v) is 21.8. The lowest BCUT2D eigenvalue weighted by Crippen LogP contribution is -2.39. The summed E-state index contributed by atoms with van der Waals surface area (Å²) in [6.45, 7) is 6.72. The SMILES string of the molecule is CCCCCN(C(=O)c1ccc(F)cc1)C(CC)c1nc2ccccc2c(=O)n1-c1ccc(CC)cc1. The van der Waals surface area contributed by atoms with Gasteiger partial charge in [-0.3, -0.25) is 14.2 Å². The van der Waals surface area contributed by atoms with Crippen molar-refractivity contribution < 1.29 is 9.18 Å². The van der Waals surface area contributed by atoms with Gasteiger partial charge in [0, 0.05) is 12.1 Å². The Morgan fingerprint density at radius 1 is 0.946 bits per heavy atom. The summed E-state index contributed by atoms with van der Waals surface area (Å²) in [5.74, 6) is -0.0534. The molecule has 0 radical (unpaired) electrons. The van der Waals surface area contributed by atoms with Gasteiger partial charge in [0.2, 0.25) is 0 Å². The maximum atomic E-state index is 13.9. The second-order valence-electron chi connectivity index (χ2n) is 9.28. The molecule has 1 heterocycles. The van der Waals surface area contributed by atoms with Crippen LogP contribution in [-0.4, -0.2) is 26.9 Å². The summed E-state index contributed by atoms with van der Waals surface area (Å²) < 4.78 is 15.3. The van der Waals surface area contributed by atoms with Crippen molar-refractivity contribution in [2.24, 2.45) is 0 Å². The molecule has 6 heteroatoms. The average molecular weight is 500 g/mol. The monoisotopic (exact) mass is 499 g/mol. The summed E-state index contributed by atoms with van der Waals surface area (Å²) in [5, 5.41) is 0.531. The molecule has 4 aromatic rings. The molecular formula is C31H34FN3O2. The summed E-state index contributed by atoms with van der Waals surface area (Å²) >= 11 is 0. The van der Waals surface area contributed by atoms with E-state index in [4.69, 9.17) is 4.98 Å². The topological polar surface area (TPSA) is 55.2 Å². The molecule has 1 amide bonds. The fourth-order valence-electron chi connectivity index (χ4n) is 4.74. The van der Waals surface area contributed by atoms with Crippen molar-refractivity contribution in [2.75, 3.05) is 6.54 Å². The molecule has 1 aromatic heterocycles. The van der Waals surface area contributed by atoms with Gasteiger partial charge in [-0.05, 0) is 73.4 Å². The maximum absolute atomic E-state index is 13.9. The summed E-state index contributed by atoms with van der Waals surface area (Å²) in [4.78, 5) is 34.4. The highest BCUT2D eigenvalue weighted by Crippen LogP contribution is 2.28. The number of nitrogens with zero attached hydrogens (tertiary/aromatic N) is 3. The minimum Gasteiger partial charge on any atom is -0.328 e. The number of amides is 1. The Balaban J connectivity index is 1.90. The van der Waals surface area contributed by atoms with Gasteiger partial charge in [0.1, 0.15) is 11.6 Å². The molecule has 0 N–H and O–H groups in total. The molecule has 0 aliphatic carbocycles. The molecule has 3 aromatic carbocycles. The summed E-state index contributed by atoms with van der Waals surface area (Å²) in [6, 6.07) is 20.4. The number of unbranched alkanes of at least 4 members (excludes halogenated alkanes) is 2. The molecule has 5 nitrogen and oxygen atoms in total. The smallest absolute Gasteiger partial charge is 0.266 e. The molecule has 0 bridgehead atoms. The number of fused-ring (bicyclic) bond motifs is 1. The minimum atomic E-state index is -0.447. The highest BCUT2D eigenvalue weighted by Gasteiger charge is 2.29. The Kier molecular flexibility index (Phi) is 8.49. The first kappa shape index (κ1) is 26.3. The normalized spacial score (nSPS) is 12.0. The van der Waals surface area contributed by atoms with Crippen molar-refractivity contribution in [1.29, 1.82) is 0 Å². The first-order chi connectivity index (χ1) is 18.0. The highest BCUT2D eigenvalue weighted by atomic mass is 19.1. The fourth-order valence-corrected chi connectivity index (χ4v) is 4.74. The first-order valence-corrected chi connectivity index (χ1v) is 13.2. The number of carbonyl (C=O) groups is 1. The van der Waals surface area contributed by atoms with Crippen LogP contribution in [0.5, 0.6) is 0 Å². The van der Waals surface area contributed by atoms with Gasteiger partial charge in [0.25, 0.3) is 11.5 Å². The lowest BCUT2D eigenvalue weighted by molar-refractivity contribution is 0.0655. The highest BCUT2D eigenvalue weighted by molar-refractivity contribution is 5.94. The number of aromatic nitrogens is 2. The van der Waals surface area contributed by atoms with E-state index in [0.29, 0.717) is 35.3 Å². The molecule has 192 valence electrons. The van der Waals surface area contributed by atoms with E-state index in [2.05, 4.69) is 13.8 Å². The van der Waals surface area contributed by atoms with Crippen LogP contribution in [0.1, 0.15) is 74.2 Å². The summed E-state index contributed by atoms with van der Waals surface area (Å²) in [7, 11) is 0. The van der Waals surface area contributed by atoms with Gasteiger partial charge >= 0.3 is 0 Å². The second kappa shape index (κ2) is 12.0. The van der Waals surface area contributed by atoms with Gasteiger partial charge in [-0.25, -0.2) is 9.37 Å². The van der Waals surface area contributed by atoms with Crippen molar-refractivity contribution in [3.05, 3.63) is 106 Å². The molecule has 0 saturated heterocycles. The number of benzene rings is 3. The summed E-state index contributed by atoms with van der Waals surface area (Å²) in [6.07, 6.45) is 4.27. The number of halogens is 1. The third kappa shape index (κ3) is 5.63. The van der Waals surface area contributed by atoms with Crippen LogP contribution >= 0.6 is 0 Å². The average Bonchev–Trinajstić information content (AvgIpc) is 2.93. The third-order valence-electron chi connectivity index (χ3n) is 6.82. The number of hydrogen-bond acceptors (Lipinski definition) is 3. The number of para-hydroxylation sites is 1. The molecular weight excluding hydrogens is 465 g/mol.